The van der Waals surface area contributed by atoms with Gasteiger partial charge in [0.2, 0.25) is 6.20 Å². The van der Waals surface area contributed by atoms with Crippen LogP contribution in [0.5, 0.6) is 0 Å². The Bertz CT molecular complexity index is 389. The van der Waals surface area contributed by atoms with E-state index >= 15 is 0 Å². The molecule has 5 heteroatoms. The van der Waals surface area contributed by atoms with Gasteiger partial charge in [0.15, 0.2) is 11.7 Å². The maximum Gasteiger partial charge on any atom is 0.208 e. The SMILES string of the molecule is [O-][n+]1ccc2nncnc2c1. The Morgan fingerprint density at radius 1 is 1.36 bits per heavy atom. The molecule has 0 aliphatic carbocycles. The Kier molecular flexibility index (Phi) is 1.15. The van der Waals surface area contributed by atoms with Crippen molar-refractivity contribution in [3.63, 3.8) is 0 Å². The van der Waals surface area contributed by atoms with Crippen LogP contribution in [0, 0.1) is 5.21 Å². The maximum atomic E-state index is 10.7. The van der Waals surface area contributed by atoms with Crippen LogP contribution in [0.4, 0.5) is 0 Å². The van der Waals surface area contributed by atoms with E-state index in [2.05, 4.69) is 15.2 Å². The zero-order valence-electron chi connectivity index (χ0n) is 5.51. The first-order valence-corrected chi connectivity index (χ1v) is 3.02. The highest BCUT2D eigenvalue weighted by atomic mass is 16.5. The van der Waals surface area contributed by atoms with Crippen LogP contribution >= 0.6 is 0 Å². The van der Waals surface area contributed by atoms with Gasteiger partial charge in [-0.3, -0.25) is 0 Å². The molecule has 0 unspecified atom stereocenters. The van der Waals surface area contributed by atoms with Crippen LogP contribution in [0.3, 0.4) is 0 Å². The van der Waals surface area contributed by atoms with Crippen molar-refractivity contribution in [1.29, 1.82) is 0 Å². The molecular weight excluding hydrogens is 144 g/mol. The van der Waals surface area contributed by atoms with Gasteiger partial charge in [-0.15, -0.1) is 10.2 Å². The molecule has 0 bridgehead atoms. The van der Waals surface area contributed by atoms with Gasteiger partial charge in [0, 0.05) is 6.07 Å². The van der Waals surface area contributed by atoms with Gasteiger partial charge in [0.25, 0.3) is 0 Å². The van der Waals surface area contributed by atoms with Crippen molar-refractivity contribution in [3.8, 4) is 0 Å². The number of hydrogen-bond acceptors (Lipinski definition) is 4. The van der Waals surface area contributed by atoms with Crippen molar-refractivity contribution >= 4 is 11.0 Å². The van der Waals surface area contributed by atoms with Gasteiger partial charge in [0.05, 0.1) is 0 Å². The third-order valence-corrected chi connectivity index (χ3v) is 1.31. The summed E-state index contributed by atoms with van der Waals surface area (Å²) in [6.45, 7) is 0. The topological polar surface area (TPSA) is 65.6 Å². The molecule has 2 heterocycles. The Balaban J connectivity index is 2.83. The molecule has 0 aliphatic heterocycles. The first-order valence-electron chi connectivity index (χ1n) is 3.02. The van der Waals surface area contributed by atoms with Crippen molar-refractivity contribution in [2.24, 2.45) is 0 Å². The molecular formula is C6H4N4O. The van der Waals surface area contributed by atoms with Gasteiger partial charge in [-0.25, -0.2) is 4.98 Å². The van der Waals surface area contributed by atoms with Crippen molar-refractivity contribution in [3.05, 3.63) is 30.0 Å². The van der Waals surface area contributed by atoms with Crippen LogP contribution in [0.2, 0.25) is 0 Å². The first kappa shape index (κ1) is 5.96. The molecule has 2 aromatic rings. The molecule has 54 valence electrons. The molecule has 0 amide bonds. The molecule has 0 saturated heterocycles. The molecule has 0 spiro atoms. The van der Waals surface area contributed by atoms with Crippen LogP contribution in [-0.4, -0.2) is 15.2 Å². The Morgan fingerprint density at radius 3 is 3.18 bits per heavy atom. The quantitative estimate of drug-likeness (QED) is 0.378. The lowest BCUT2D eigenvalue weighted by Crippen LogP contribution is -2.24. The van der Waals surface area contributed by atoms with Gasteiger partial charge in [-0.2, -0.15) is 4.73 Å². The molecule has 0 saturated carbocycles. The van der Waals surface area contributed by atoms with Crippen molar-refractivity contribution in [1.82, 2.24) is 15.2 Å². The monoisotopic (exact) mass is 148 g/mol. The van der Waals surface area contributed by atoms with E-state index in [0.717, 1.165) is 0 Å². The van der Waals surface area contributed by atoms with E-state index in [1.165, 1.54) is 18.7 Å². The molecule has 11 heavy (non-hydrogen) atoms. The predicted octanol–water partition coefficient (Wildman–Crippen LogP) is -0.342. The minimum Gasteiger partial charge on any atom is -0.619 e. The van der Waals surface area contributed by atoms with E-state index in [0.29, 0.717) is 15.8 Å². The van der Waals surface area contributed by atoms with E-state index in [1.54, 1.807) is 6.07 Å². The number of aromatic nitrogens is 4. The molecule has 0 atom stereocenters. The highest BCUT2D eigenvalue weighted by molar-refractivity contribution is 5.70. The molecule has 2 rings (SSSR count). The second-order valence-corrected chi connectivity index (χ2v) is 2.04. The Morgan fingerprint density at radius 2 is 2.27 bits per heavy atom. The first-order chi connectivity index (χ1) is 5.36. The molecule has 0 radical (unpaired) electrons. The van der Waals surface area contributed by atoms with Crippen LogP contribution in [0.25, 0.3) is 11.0 Å². The summed E-state index contributed by atoms with van der Waals surface area (Å²) in [6.07, 6.45) is 4.02. The standard InChI is InChI=1S/C6H4N4O/c11-10-2-1-5-6(3-10)7-4-8-9-5/h1-4H. The second kappa shape index (κ2) is 2.12. The Labute approximate surface area is 61.9 Å². The number of hydrogen-bond donors (Lipinski definition) is 0. The van der Waals surface area contributed by atoms with E-state index in [9.17, 15) is 5.21 Å². The molecule has 0 N–H and O–H groups in total. The van der Waals surface area contributed by atoms with Crippen molar-refractivity contribution in [2.45, 2.75) is 0 Å². The minimum atomic E-state index is 0.553. The lowest BCUT2D eigenvalue weighted by Gasteiger charge is -1.94. The molecule has 2 aromatic heterocycles. The fraction of sp³-hybridized carbons (Fsp3) is 0. The molecule has 5 nitrogen and oxygen atoms in total. The number of fused-ring (bicyclic) bond motifs is 1. The fourth-order valence-corrected chi connectivity index (χ4v) is 0.819. The fourth-order valence-electron chi connectivity index (χ4n) is 0.819. The second-order valence-electron chi connectivity index (χ2n) is 2.04. The summed E-state index contributed by atoms with van der Waals surface area (Å²) in [7, 11) is 0. The van der Waals surface area contributed by atoms with E-state index in [-0.39, 0.29) is 0 Å². The lowest BCUT2D eigenvalue weighted by molar-refractivity contribution is -0.604. The van der Waals surface area contributed by atoms with Gasteiger partial charge in [0.1, 0.15) is 11.8 Å². The molecule has 0 aromatic carbocycles. The molecule has 0 aliphatic rings. The minimum absolute atomic E-state index is 0.553. The van der Waals surface area contributed by atoms with Gasteiger partial charge < -0.3 is 5.21 Å². The van der Waals surface area contributed by atoms with Crippen LogP contribution in [0.1, 0.15) is 0 Å². The van der Waals surface area contributed by atoms with E-state index < -0.39 is 0 Å². The summed E-state index contributed by atoms with van der Waals surface area (Å²) in [5.74, 6) is 0. The third kappa shape index (κ3) is 0.958. The number of nitrogens with zero attached hydrogens (tertiary/aromatic N) is 4. The average Bonchev–Trinajstić information content (AvgIpc) is 2.04. The van der Waals surface area contributed by atoms with Gasteiger partial charge in [-0.05, 0) is 0 Å². The smallest absolute Gasteiger partial charge is 0.208 e. The summed E-state index contributed by atoms with van der Waals surface area (Å²) in [6, 6.07) is 1.57. The summed E-state index contributed by atoms with van der Waals surface area (Å²) in [5.41, 5.74) is 1.18. The zero-order valence-corrected chi connectivity index (χ0v) is 5.51. The zero-order chi connectivity index (χ0) is 7.68. The lowest BCUT2D eigenvalue weighted by atomic mass is 10.4. The maximum absolute atomic E-state index is 10.7. The van der Waals surface area contributed by atoms with Gasteiger partial charge in [-0.1, -0.05) is 0 Å². The number of rotatable bonds is 0. The summed E-state index contributed by atoms with van der Waals surface area (Å²) >= 11 is 0. The van der Waals surface area contributed by atoms with Crippen molar-refractivity contribution in [2.75, 3.05) is 0 Å². The highest BCUT2D eigenvalue weighted by Crippen LogP contribution is 1.99. The van der Waals surface area contributed by atoms with E-state index in [1.807, 2.05) is 0 Å². The van der Waals surface area contributed by atoms with Crippen molar-refractivity contribution < 1.29 is 4.73 Å². The Hall–Kier alpha value is -1.78. The van der Waals surface area contributed by atoms with E-state index in [4.69, 9.17) is 0 Å². The van der Waals surface area contributed by atoms with Crippen LogP contribution in [0.15, 0.2) is 24.8 Å². The number of pyridine rings is 1. The predicted molar refractivity (Wildman–Crippen MR) is 36.3 cm³/mol. The summed E-state index contributed by atoms with van der Waals surface area (Å²) < 4.78 is 0.678. The normalized spacial score (nSPS) is 10.2. The molecule has 0 fully saturated rings. The third-order valence-electron chi connectivity index (χ3n) is 1.31. The highest BCUT2D eigenvalue weighted by Gasteiger charge is 1.97. The summed E-state index contributed by atoms with van der Waals surface area (Å²) in [4.78, 5) is 3.85. The largest absolute Gasteiger partial charge is 0.619 e. The van der Waals surface area contributed by atoms with Gasteiger partial charge >= 0.3 is 0 Å². The summed E-state index contributed by atoms with van der Waals surface area (Å²) in [5, 5.41) is 18.0. The van der Waals surface area contributed by atoms with Crippen LogP contribution < -0.4 is 4.73 Å². The van der Waals surface area contributed by atoms with Crippen LogP contribution in [-0.2, 0) is 0 Å². The average molecular weight is 148 g/mol.